The molecule has 1 aromatic heterocycles. The van der Waals surface area contributed by atoms with Gasteiger partial charge in [0.1, 0.15) is 5.82 Å². The second-order valence-corrected chi connectivity index (χ2v) is 4.05. The fourth-order valence-electron chi connectivity index (χ4n) is 1.38. The van der Waals surface area contributed by atoms with E-state index in [1.165, 1.54) is 0 Å². The van der Waals surface area contributed by atoms with E-state index in [0.717, 1.165) is 0 Å². The molecule has 20 heavy (non-hydrogen) atoms. The minimum Gasteiger partial charge on any atom is -0.406 e. The van der Waals surface area contributed by atoms with Gasteiger partial charge in [0.25, 0.3) is 0 Å². The van der Waals surface area contributed by atoms with Crippen LogP contribution in [-0.2, 0) is 6.18 Å². The first-order valence-corrected chi connectivity index (χ1v) is 5.50. The Hall–Kier alpha value is -2.16. The lowest BCUT2D eigenvalue weighted by atomic mass is 10.2. The summed E-state index contributed by atoms with van der Waals surface area (Å²) in [6.45, 7) is 1.59. The van der Waals surface area contributed by atoms with E-state index in [1.807, 2.05) is 0 Å². The molecule has 2 rings (SSSR count). The summed E-state index contributed by atoms with van der Waals surface area (Å²) in [7, 11) is 0. The van der Waals surface area contributed by atoms with Crippen molar-refractivity contribution in [2.75, 3.05) is 5.32 Å². The summed E-state index contributed by atoms with van der Waals surface area (Å²) in [5.74, 6) is -0.793. The van der Waals surface area contributed by atoms with E-state index in [1.54, 1.807) is 6.92 Å². The molecule has 0 aliphatic rings. The maximum atomic E-state index is 13.5. The zero-order valence-electron chi connectivity index (χ0n) is 10.2. The first-order valence-electron chi connectivity index (χ1n) is 5.50. The summed E-state index contributed by atoms with van der Waals surface area (Å²) in [5.41, 5.74) is 4.08. The Morgan fingerprint density at radius 3 is 2.55 bits per heavy atom. The van der Waals surface area contributed by atoms with Crippen LogP contribution in [0, 0.1) is 5.82 Å². The largest absolute Gasteiger partial charge is 0.416 e. The molecule has 0 aliphatic carbocycles. The highest BCUT2D eigenvalue weighted by atomic mass is 19.4. The second kappa shape index (κ2) is 5.08. The third-order valence-electron chi connectivity index (χ3n) is 2.37. The first-order chi connectivity index (χ1) is 9.27. The van der Waals surface area contributed by atoms with Gasteiger partial charge in [-0.15, -0.1) is 5.10 Å². The Labute approximate surface area is 110 Å². The number of anilines is 2. The second-order valence-electron chi connectivity index (χ2n) is 4.05. The molecule has 1 unspecified atom stereocenters. The topological polar surface area (TPSA) is 77.0 Å². The average molecular weight is 290 g/mol. The first kappa shape index (κ1) is 14.3. The van der Waals surface area contributed by atoms with Gasteiger partial charge in [-0.25, -0.2) is 4.39 Å². The minimum atomic E-state index is -4.57. The van der Waals surface area contributed by atoms with Crippen molar-refractivity contribution < 1.29 is 22.0 Å². The average Bonchev–Trinajstić information content (AvgIpc) is 2.79. The molecule has 0 spiro atoms. The molecule has 0 amide bonds. The lowest BCUT2D eigenvalue weighted by Gasteiger charge is -2.09. The number of benzene rings is 1. The third kappa shape index (κ3) is 3.05. The van der Waals surface area contributed by atoms with Crippen molar-refractivity contribution in [1.82, 2.24) is 10.2 Å². The van der Waals surface area contributed by atoms with Crippen LogP contribution in [0.2, 0.25) is 0 Å². The number of rotatable bonds is 3. The van der Waals surface area contributed by atoms with Crippen LogP contribution >= 0.6 is 0 Å². The molecule has 0 fully saturated rings. The van der Waals surface area contributed by atoms with Crippen molar-refractivity contribution in [3.63, 3.8) is 0 Å². The van der Waals surface area contributed by atoms with Gasteiger partial charge in [0.05, 0.1) is 17.3 Å². The van der Waals surface area contributed by atoms with E-state index in [4.69, 9.17) is 10.2 Å². The Morgan fingerprint density at radius 2 is 2.00 bits per heavy atom. The molecule has 3 N–H and O–H groups in total. The summed E-state index contributed by atoms with van der Waals surface area (Å²) in [5, 5.41) is 9.36. The molecule has 9 heteroatoms. The maximum absolute atomic E-state index is 13.5. The molecular weight excluding hydrogens is 280 g/mol. The molecule has 0 saturated carbocycles. The van der Waals surface area contributed by atoms with Crippen LogP contribution in [0.15, 0.2) is 22.6 Å². The number of aromatic nitrogens is 2. The number of nitrogens with zero attached hydrogens (tertiary/aromatic N) is 2. The van der Waals surface area contributed by atoms with E-state index in [9.17, 15) is 17.6 Å². The van der Waals surface area contributed by atoms with Crippen LogP contribution in [0.5, 0.6) is 0 Å². The Morgan fingerprint density at radius 1 is 1.30 bits per heavy atom. The highest BCUT2D eigenvalue weighted by molar-refractivity contribution is 5.54. The van der Waals surface area contributed by atoms with E-state index < -0.39 is 29.3 Å². The summed E-state index contributed by atoms with van der Waals surface area (Å²) in [4.78, 5) is 0. The molecule has 0 saturated heterocycles. The van der Waals surface area contributed by atoms with Crippen LogP contribution in [0.4, 0.5) is 29.3 Å². The summed E-state index contributed by atoms with van der Waals surface area (Å²) >= 11 is 0. The van der Waals surface area contributed by atoms with Crippen LogP contribution in [0.3, 0.4) is 0 Å². The third-order valence-corrected chi connectivity index (χ3v) is 2.37. The van der Waals surface area contributed by atoms with E-state index in [0.29, 0.717) is 18.2 Å². The quantitative estimate of drug-likeness (QED) is 0.850. The van der Waals surface area contributed by atoms with E-state index in [-0.39, 0.29) is 11.9 Å². The molecule has 0 aliphatic heterocycles. The highest BCUT2D eigenvalue weighted by Gasteiger charge is 2.31. The number of hydrogen-bond acceptors (Lipinski definition) is 5. The van der Waals surface area contributed by atoms with Gasteiger partial charge in [-0.1, -0.05) is 5.10 Å². The Kier molecular flexibility index (Phi) is 3.62. The van der Waals surface area contributed by atoms with Crippen molar-refractivity contribution >= 4 is 11.7 Å². The number of nitrogens with two attached hydrogens (primary N) is 1. The van der Waals surface area contributed by atoms with Gasteiger partial charge in [0, 0.05) is 0 Å². The molecule has 2 aromatic rings. The minimum absolute atomic E-state index is 0.0832. The van der Waals surface area contributed by atoms with Crippen LogP contribution in [-0.4, -0.2) is 10.2 Å². The smallest absolute Gasteiger partial charge is 0.406 e. The highest BCUT2D eigenvalue weighted by Crippen LogP contribution is 2.32. The zero-order chi connectivity index (χ0) is 14.9. The van der Waals surface area contributed by atoms with Crippen molar-refractivity contribution in [3.05, 3.63) is 35.5 Å². The molecule has 0 radical (unpaired) electrons. The predicted molar refractivity (Wildman–Crippen MR) is 61.6 cm³/mol. The number of alkyl halides is 3. The molecular formula is C11H10F4N4O. The van der Waals surface area contributed by atoms with Gasteiger partial charge in [-0.3, -0.25) is 0 Å². The van der Waals surface area contributed by atoms with Crippen LogP contribution in [0.25, 0.3) is 0 Å². The van der Waals surface area contributed by atoms with Gasteiger partial charge in [-0.2, -0.15) is 13.2 Å². The van der Waals surface area contributed by atoms with Gasteiger partial charge >= 0.3 is 12.2 Å². The fraction of sp³-hybridized carbons (Fsp3) is 0.273. The predicted octanol–water partition coefficient (Wildman–Crippen LogP) is 2.99. The molecule has 0 bridgehead atoms. The monoisotopic (exact) mass is 290 g/mol. The molecule has 108 valence electrons. The molecule has 1 heterocycles. The van der Waals surface area contributed by atoms with Crippen molar-refractivity contribution in [3.8, 4) is 0 Å². The van der Waals surface area contributed by atoms with Gasteiger partial charge < -0.3 is 15.5 Å². The molecule has 1 aromatic carbocycles. The van der Waals surface area contributed by atoms with E-state index in [2.05, 4.69) is 15.5 Å². The zero-order valence-corrected chi connectivity index (χ0v) is 10.2. The normalized spacial score (nSPS) is 13.3. The number of hydrogen-bond donors (Lipinski definition) is 2. The Balaban J connectivity index is 2.28. The van der Waals surface area contributed by atoms with Gasteiger partial charge in [0.15, 0.2) is 0 Å². The van der Waals surface area contributed by atoms with E-state index >= 15 is 0 Å². The van der Waals surface area contributed by atoms with Crippen LogP contribution < -0.4 is 11.1 Å². The van der Waals surface area contributed by atoms with Crippen LogP contribution in [0.1, 0.15) is 24.4 Å². The Bertz CT molecular complexity index is 609. The maximum Gasteiger partial charge on any atom is 0.416 e. The summed E-state index contributed by atoms with van der Waals surface area (Å²) in [6.07, 6.45) is -4.57. The van der Waals surface area contributed by atoms with Gasteiger partial charge in [0.2, 0.25) is 5.89 Å². The summed E-state index contributed by atoms with van der Waals surface area (Å²) < 4.78 is 56.1. The molecule has 1 atom stereocenters. The fourth-order valence-corrected chi connectivity index (χ4v) is 1.38. The van der Waals surface area contributed by atoms with Crippen molar-refractivity contribution in [1.29, 1.82) is 0 Å². The lowest BCUT2D eigenvalue weighted by molar-refractivity contribution is -0.137. The van der Waals surface area contributed by atoms with Crippen molar-refractivity contribution in [2.45, 2.75) is 19.1 Å². The van der Waals surface area contributed by atoms with Crippen molar-refractivity contribution in [2.24, 2.45) is 5.73 Å². The van der Waals surface area contributed by atoms with Gasteiger partial charge in [-0.05, 0) is 25.1 Å². The summed E-state index contributed by atoms with van der Waals surface area (Å²) in [6, 6.07) is 1.18. The number of halogens is 4. The lowest BCUT2D eigenvalue weighted by Crippen LogP contribution is -2.06. The number of nitrogens with one attached hydrogen (secondary N) is 1. The molecule has 5 nitrogen and oxygen atoms in total. The standard InChI is InChI=1S/C11H10F4N4O/c1-5(16)9-18-19-10(20-9)17-8-4-6(11(13,14)15)2-3-7(8)12/h2-5H,16H2,1H3,(H,17,19). The SMILES string of the molecule is CC(N)c1nnc(Nc2cc(C(F)(F)F)ccc2F)o1.